The van der Waals surface area contributed by atoms with Crippen molar-refractivity contribution in [1.29, 1.82) is 0 Å². The van der Waals surface area contributed by atoms with Crippen LogP contribution in [0.15, 0.2) is 47.4 Å². The molecule has 4 nitrogen and oxygen atoms in total. The molecule has 5 heteroatoms. The number of hydrogen-bond donors (Lipinski definition) is 1. The lowest BCUT2D eigenvalue weighted by Crippen LogP contribution is -2.25. The van der Waals surface area contributed by atoms with Crippen LogP contribution in [-0.4, -0.2) is 37.3 Å². The van der Waals surface area contributed by atoms with Crippen molar-refractivity contribution < 1.29 is 9.53 Å². The molecule has 2 aromatic carbocycles. The van der Waals surface area contributed by atoms with Gasteiger partial charge in [-0.05, 0) is 61.5 Å². The molecule has 0 atom stereocenters. The Morgan fingerprint density at radius 3 is 2.58 bits per heavy atom. The van der Waals surface area contributed by atoms with Gasteiger partial charge in [0.1, 0.15) is 5.75 Å². The van der Waals surface area contributed by atoms with Gasteiger partial charge in [-0.25, -0.2) is 0 Å². The molecule has 0 bridgehead atoms. The highest BCUT2D eigenvalue weighted by Gasteiger charge is 2.15. The highest BCUT2D eigenvalue weighted by molar-refractivity contribution is 7.98. The van der Waals surface area contributed by atoms with Crippen molar-refractivity contribution in [2.45, 2.75) is 30.8 Å². The highest BCUT2D eigenvalue weighted by atomic mass is 32.2. The van der Waals surface area contributed by atoms with Gasteiger partial charge < -0.3 is 10.1 Å². The molecule has 0 radical (unpaired) electrons. The predicted octanol–water partition coefficient (Wildman–Crippen LogP) is 3.94. The molecular weight excluding hydrogens is 344 g/mol. The number of ether oxygens (including phenoxy) is 1. The lowest BCUT2D eigenvalue weighted by atomic mass is 10.1. The summed E-state index contributed by atoms with van der Waals surface area (Å²) in [5.74, 6) is 0.505. The van der Waals surface area contributed by atoms with E-state index in [0.29, 0.717) is 17.9 Å². The molecule has 1 amide bonds. The zero-order valence-electron chi connectivity index (χ0n) is 15.5. The van der Waals surface area contributed by atoms with Crippen molar-refractivity contribution in [3.8, 4) is 5.75 Å². The van der Waals surface area contributed by atoms with Crippen LogP contribution in [0.1, 0.15) is 34.3 Å². The van der Waals surface area contributed by atoms with Crippen molar-refractivity contribution in [1.82, 2.24) is 10.2 Å². The van der Waals surface area contributed by atoms with E-state index in [4.69, 9.17) is 4.74 Å². The molecule has 1 saturated heterocycles. The third-order valence-electron chi connectivity index (χ3n) is 4.80. The molecule has 1 fully saturated rings. The fourth-order valence-electron chi connectivity index (χ4n) is 3.32. The Morgan fingerprint density at radius 1 is 1.15 bits per heavy atom. The molecule has 3 rings (SSSR count). The Morgan fingerprint density at radius 2 is 1.88 bits per heavy atom. The average molecular weight is 371 g/mol. The van der Waals surface area contributed by atoms with E-state index >= 15 is 0 Å². The smallest absolute Gasteiger partial charge is 0.255 e. The third-order valence-corrected chi connectivity index (χ3v) is 5.53. The number of hydrogen-bond acceptors (Lipinski definition) is 4. The minimum Gasteiger partial charge on any atom is -0.496 e. The van der Waals surface area contributed by atoms with Crippen LogP contribution in [0.25, 0.3) is 0 Å². The van der Waals surface area contributed by atoms with E-state index in [2.05, 4.69) is 28.4 Å². The molecule has 0 spiro atoms. The predicted molar refractivity (Wildman–Crippen MR) is 107 cm³/mol. The normalized spacial score (nSPS) is 14.4. The summed E-state index contributed by atoms with van der Waals surface area (Å²) in [5, 5.41) is 3.05. The van der Waals surface area contributed by atoms with Gasteiger partial charge in [-0.15, -0.1) is 11.8 Å². The number of nitrogens with zero attached hydrogens (tertiary/aromatic N) is 1. The van der Waals surface area contributed by atoms with Crippen LogP contribution in [0, 0.1) is 0 Å². The number of carbonyl (C=O) groups is 1. The standard InChI is InChI=1S/C21H26N2O2S/c1-25-20-13-18(26-2)9-10-19(20)21(24)22-14-16-7-3-4-8-17(16)15-23-11-5-6-12-23/h3-4,7-10,13H,5-6,11-12,14-15H2,1-2H3,(H,22,24). The zero-order chi connectivity index (χ0) is 18.4. The first-order valence-electron chi connectivity index (χ1n) is 9.00. The third kappa shape index (κ3) is 4.59. The first-order valence-corrected chi connectivity index (χ1v) is 10.2. The van der Waals surface area contributed by atoms with Gasteiger partial charge in [0.25, 0.3) is 5.91 Å². The Labute approximate surface area is 159 Å². The number of carbonyl (C=O) groups excluding carboxylic acids is 1. The Kier molecular flexibility index (Phi) is 6.58. The number of benzene rings is 2. The summed E-state index contributed by atoms with van der Waals surface area (Å²) in [5.41, 5.74) is 3.04. The van der Waals surface area contributed by atoms with Gasteiger partial charge in [-0.1, -0.05) is 24.3 Å². The number of thioether (sulfide) groups is 1. The number of nitrogens with one attached hydrogen (secondary N) is 1. The second-order valence-electron chi connectivity index (χ2n) is 6.50. The van der Waals surface area contributed by atoms with Crippen LogP contribution in [0.2, 0.25) is 0 Å². The summed E-state index contributed by atoms with van der Waals surface area (Å²) in [4.78, 5) is 16.2. The molecule has 0 unspecified atom stereocenters. The van der Waals surface area contributed by atoms with Crippen LogP contribution in [0.4, 0.5) is 0 Å². The molecule has 0 aliphatic carbocycles. The molecule has 1 heterocycles. The van der Waals surface area contributed by atoms with Crippen LogP contribution in [0.5, 0.6) is 5.75 Å². The molecule has 2 aromatic rings. The summed E-state index contributed by atoms with van der Waals surface area (Å²) in [7, 11) is 1.60. The van der Waals surface area contributed by atoms with E-state index < -0.39 is 0 Å². The number of rotatable bonds is 7. The molecule has 1 N–H and O–H groups in total. The maximum absolute atomic E-state index is 12.6. The molecule has 138 valence electrons. The van der Waals surface area contributed by atoms with E-state index in [1.54, 1.807) is 18.9 Å². The van der Waals surface area contributed by atoms with Crippen molar-refractivity contribution in [3.05, 3.63) is 59.2 Å². The fraction of sp³-hybridized carbons (Fsp3) is 0.381. The van der Waals surface area contributed by atoms with Crippen LogP contribution in [0.3, 0.4) is 0 Å². The van der Waals surface area contributed by atoms with E-state index in [1.165, 1.54) is 37.1 Å². The van der Waals surface area contributed by atoms with Gasteiger partial charge in [0.15, 0.2) is 0 Å². The Hall–Kier alpha value is -1.98. The molecular formula is C21H26N2O2S. The second-order valence-corrected chi connectivity index (χ2v) is 7.38. The fourth-order valence-corrected chi connectivity index (χ4v) is 3.75. The largest absolute Gasteiger partial charge is 0.496 e. The SMILES string of the molecule is COc1cc(SC)ccc1C(=O)NCc1ccccc1CN1CCCC1. The van der Waals surface area contributed by atoms with Crippen molar-refractivity contribution in [2.24, 2.45) is 0 Å². The summed E-state index contributed by atoms with van der Waals surface area (Å²) < 4.78 is 5.39. The molecule has 0 aromatic heterocycles. The summed E-state index contributed by atoms with van der Waals surface area (Å²) in [6.07, 6.45) is 4.57. The number of likely N-dealkylation sites (tertiary alicyclic amines) is 1. The zero-order valence-corrected chi connectivity index (χ0v) is 16.3. The van der Waals surface area contributed by atoms with Gasteiger partial charge in [-0.2, -0.15) is 0 Å². The number of methoxy groups -OCH3 is 1. The first kappa shape index (κ1) is 18.8. The quantitative estimate of drug-likeness (QED) is 0.750. The van der Waals surface area contributed by atoms with Crippen LogP contribution in [-0.2, 0) is 13.1 Å². The lowest BCUT2D eigenvalue weighted by Gasteiger charge is -2.18. The Bertz CT molecular complexity index is 757. The first-order chi connectivity index (χ1) is 12.7. The van der Waals surface area contributed by atoms with E-state index in [0.717, 1.165) is 11.4 Å². The van der Waals surface area contributed by atoms with Crippen molar-refractivity contribution >= 4 is 17.7 Å². The summed E-state index contributed by atoms with van der Waals surface area (Å²) in [6.45, 7) is 3.81. The second kappa shape index (κ2) is 9.10. The maximum atomic E-state index is 12.6. The highest BCUT2D eigenvalue weighted by Crippen LogP contribution is 2.25. The molecule has 26 heavy (non-hydrogen) atoms. The van der Waals surface area contributed by atoms with E-state index in [-0.39, 0.29) is 5.91 Å². The van der Waals surface area contributed by atoms with Crippen LogP contribution >= 0.6 is 11.8 Å². The molecule has 1 aliphatic heterocycles. The topological polar surface area (TPSA) is 41.6 Å². The summed E-state index contributed by atoms with van der Waals surface area (Å²) in [6, 6.07) is 14.0. The van der Waals surface area contributed by atoms with Gasteiger partial charge in [0, 0.05) is 18.0 Å². The monoisotopic (exact) mass is 370 g/mol. The minimum atomic E-state index is -0.106. The van der Waals surface area contributed by atoms with Crippen molar-refractivity contribution in [3.63, 3.8) is 0 Å². The van der Waals surface area contributed by atoms with E-state index in [1.807, 2.05) is 30.5 Å². The Balaban J connectivity index is 1.68. The minimum absolute atomic E-state index is 0.106. The maximum Gasteiger partial charge on any atom is 0.255 e. The van der Waals surface area contributed by atoms with Gasteiger partial charge >= 0.3 is 0 Å². The van der Waals surface area contributed by atoms with Gasteiger partial charge in [0.2, 0.25) is 0 Å². The molecule has 0 saturated carbocycles. The summed E-state index contributed by atoms with van der Waals surface area (Å²) >= 11 is 1.63. The average Bonchev–Trinajstić information content (AvgIpc) is 3.19. The lowest BCUT2D eigenvalue weighted by molar-refractivity contribution is 0.0947. The van der Waals surface area contributed by atoms with Gasteiger partial charge in [-0.3, -0.25) is 9.69 Å². The van der Waals surface area contributed by atoms with E-state index in [9.17, 15) is 4.79 Å². The molecule has 1 aliphatic rings. The number of amides is 1. The van der Waals surface area contributed by atoms with Gasteiger partial charge in [0.05, 0.1) is 12.7 Å². The van der Waals surface area contributed by atoms with Crippen LogP contribution < -0.4 is 10.1 Å². The van der Waals surface area contributed by atoms with Crippen molar-refractivity contribution in [2.75, 3.05) is 26.5 Å².